The Hall–Kier alpha value is -1.81. The Morgan fingerprint density at radius 1 is 1.50 bits per heavy atom. The average molecular weight is 293 g/mol. The van der Waals surface area contributed by atoms with E-state index in [9.17, 15) is 4.79 Å². The molecule has 2 aromatic rings. The highest BCUT2D eigenvalue weighted by Gasteiger charge is 2.20. The lowest BCUT2D eigenvalue weighted by Gasteiger charge is -2.14. The summed E-state index contributed by atoms with van der Waals surface area (Å²) >= 11 is 5.96. The Balaban J connectivity index is 2.17. The molecule has 1 N–H and O–H groups in total. The van der Waals surface area contributed by atoms with E-state index in [1.165, 1.54) is 0 Å². The van der Waals surface area contributed by atoms with Crippen molar-refractivity contribution in [3.63, 3.8) is 0 Å². The van der Waals surface area contributed by atoms with Gasteiger partial charge in [0.15, 0.2) is 0 Å². The van der Waals surface area contributed by atoms with E-state index in [1.54, 1.807) is 13.0 Å². The minimum atomic E-state index is -0.173. The maximum Gasteiger partial charge on any atom is 0.257 e. The van der Waals surface area contributed by atoms with Gasteiger partial charge in [0.25, 0.3) is 5.91 Å². The van der Waals surface area contributed by atoms with Crippen molar-refractivity contribution in [1.82, 2.24) is 10.5 Å². The number of amides is 1. The van der Waals surface area contributed by atoms with Crippen LogP contribution in [0.25, 0.3) is 0 Å². The summed E-state index contributed by atoms with van der Waals surface area (Å²) in [5.74, 6) is 0.436. The van der Waals surface area contributed by atoms with Gasteiger partial charge in [0.1, 0.15) is 11.3 Å². The standard InChI is InChI=1S/C15H17ClN2O2/c1-4-13-14(10(3)18-20-13)15(19)17-9(2)11-6-5-7-12(16)8-11/h5-9H,4H2,1-3H3,(H,17,19). The Labute approximate surface area is 123 Å². The SMILES string of the molecule is CCc1onc(C)c1C(=O)NC(C)c1cccc(Cl)c1. The van der Waals surface area contributed by atoms with E-state index < -0.39 is 0 Å². The monoisotopic (exact) mass is 292 g/mol. The van der Waals surface area contributed by atoms with Gasteiger partial charge in [-0.3, -0.25) is 4.79 Å². The molecule has 1 heterocycles. The molecule has 106 valence electrons. The van der Waals surface area contributed by atoms with Crippen LogP contribution in [-0.4, -0.2) is 11.1 Å². The summed E-state index contributed by atoms with van der Waals surface area (Å²) in [6.07, 6.45) is 0.634. The van der Waals surface area contributed by atoms with Gasteiger partial charge in [-0.25, -0.2) is 0 Å². The summed E-state index contributed by atoms with van der Waals surface area (Å²) in [7, 11) is 0. The highest BCUT2D eigenvalue weighted by Crippen LogP contribution is 2.19. The van der Waals surface area contributed by atoms with Crippen molar-refractivity contribution >= 4 is 17.5 Å². The molecule has 0 saturated heterocycles. The summed E-state index contributed by atoms with van der Waals surface area (Å²) in [5, 5.41) is 7.44. The normalized spacial score (nSPS) is 12.2. The fraction of sp³-hybridized carbons (Fsp3) is 0.333. The number of aryl methyl sites for hydroxylation is 2. The van der Waals surface area contributed by atoms with Crippen LogP contribution in [0, 0.1) is 6.92 Å². The van der Waals surface area contributed by atoms with Crippen LogP contribution < -0.4 is 5.32 Å². The molecule has 5 heteroatoms. The van der Waals surface area contributed by atoms with Gasteiger partial charge in [-0.1, -0.05) is 35.8 Å². The van der Waals surface area contributed by atoms with Crippen molar-refractivity contribution in [3.05, 3.63) is 51.9 Å². The van der Waals surface area contributed by atoms with Crippen LogP contribution in [0.15, 0.2) is 28.8 Å². The number of carbonyl (C=O) groups is 1. The average Bonchev–Trinajstić information content (AvgIpc) is 2.79. The molecule has 0 radical (unpaired) electrons. The molecule has 1 aromatic carbocycles. The number of hydrogen-bond donors (Lipinski definition) is 1. The van der Waals surface area contributed by atoms with Gasteiger partial charge in [-0.05, 0) is 31.5 Å². The number of carbonyl (C=O) groups excluding carboxylic acids is 1. The molecule has 0 fully saturated rings. The summed E-state index contributed by atoms with van der Waals surface area (Å²) < 4.78 is 5.14. The third kappa shape index (κ3) is 3.02. The zero-order valence-electron chi connectivity index (χ0n) is 11.7. The third-order valence-electron chi connectivity index (χ3n) is 3.18. The third-order valence-corrected chi connectivity index (χ3v) is 3.41. The first-order chi connectivity index (χ1) is 9.52. The topological polar surface area (TPSA) is 55.1 Å². The maximum atomic E-state index is 12.3. The number of benzene rings is 1. The van der Waals surface area contributed by atoms with E-state index in [1.807, 2.05) is 32.0 Å². The minimum Gasteiger partial charge on any atom is -0.360 e. The predicted octanol–water partition coefficient (Wildman–Crippen LogP) is 3.69. The molecule has 20 heavy (non-hydrogen) atoms. The van der Waals surface area contributed by atoms with Crippen LogP contribution >= 0.6 is 11.6 Å². The van der Waals surface area contributed by atoms with Crippen molar-refractivity contribution < 1.29 is 9.32 Å². The fourth-order valence-corrected chi connectivity index (χ4v) is 2.28. The van der Waals surface area contributed by atoms with Gasteiger partial charge in [-0.2, -0.15) is 0 Å². The first-order valence-corrected chi connectivity index (χ1v) is 6.92. The van der Waals surface area contributed by atoms with Gasteiger partial charge < -0.3 is 9.84 Å². The predicted molar refractivity (Wildman–Crippen MR) is 78.0 cm³/mol. The molecule has 1 aromatic heterocycles. The lowest BCUT2D eigenvalue weighted by Crippen LogP contribution is -2.27. The van der Waals surface area contributed by atoms with Gasteiger partial charge in [-0.15, -0.1) is 0 Å². The zero-order valence-corrected chi connectivity index (χ0v) is 12.5. The van der Waals surface area contributed by atoms with Crippen molar-refractivity contribution in [1.29, 1.82) is 0 Å². The highest BCUT2D eigenvalue weighted by molar-refractivity contribution is 6.30. The van der Waals surface area contributed by atoms with Crippen LogP contribution in [0.5, 0.6) is 0 Å². The molecule has 0 aliphatic rings. The van der Waals surface area contributed by atoms with E-state index in [0.717, 1.165) is 5.56 Å². The molecule has 4 nitrogen and oxygen atoms in total. The summed E-state index contributed by atoms with van der Waals surface area (Å²) in [5.41, 5.74) is 2.09. The number of hydrogen-bond acceptors (Lipinski definition) is 3. The van der Waals surface area contributed by atoms with Crippen molar-refractivity contribution in [2.75, 3.05) is 0 Å². The molecule has 0 bridgehead atoms. The number of halogens is 1. The Bertz CT molecular complexity index is 622. The fourth-order valence-electron chi connectivity index (χ4n) is 2.08. The molecule has 0 aliphatic heterocycles. The number of nitrogens with zero attached hydrogens (tertiary/aromatic N) is 1. The minimum absolute atomic E-state index is 0.139. The second kappa shape index (κ2) is 6.09. The Kier molecular flexibility index (Phi) is 4.45. The Morgan fingerprint density at radius 3 is 2.90 bits per heavy atom. The van der Waals surface area contributed by atoms with Crippen molar-refractivity contribution in [2.24, 2.45) is 0 Å². The summed E-state index contributed by atoms with van der Waals surface area (Å²) in [4.78, 5) is 12.3. The summed E-state index contributed by atoms with van der Waals surface area (Å²) in [6.45, 7) is 5.61. The van der Waals surface area contributed by atoms with Crippen LogP contribution in [-0.2, 0) is 6.42 Å². The van der Waals surface area contributed by atoms with Gasteiger partial charge in [0, 0.05) is 11.4 Å². The smallest absolute Gasteiger partial charge is 0.257 e. The molecule has 0 spiro atoms. The number of nitrogens with one attached hydrogen (secondary N) is 1. The van der Waals surface area contributed by atoms with Crippen LogP contribution in [0.1, 0.15) is 47.3 Å². The van der Waals surface area contributed by atoms with E-state index in [-0.39, 0.29) is 11.9 Å². The first kappa shape index (κ1) is 14.6. The van der Waals surface area contributed by atoms with Crippen LogP contribution in [0.2, 0.25) is 5.02 Å². The molecule has 1 amide bonds. The molecule has 0 saturated carbocycles. The van der Waals surface area contributed by atoms with Crippen LogP contribution in [0.4, 0.5) is 0 Å². The van der Waals surface area contributed by atoms with Crippen molar-refractivity contribution in [2.45, 2.75) is 33.2 Å². The summed E-state index contributed by atoms with van der Waals surface area (Å²) in [6, 6.07) is 7.30. The number of rotatable bonds is 4. The highest BCUT2D eigenvalue weighted by atomic mass is 35.5. The maximum absolute atomic E-state index is 12.3. The van der Waals surface area contributed by atoms with E-state index >= 15 is 0 Å². The second-order valence-electron chi connectivity index (χ2n) is 4.67. The van der Waals surface area contributed by atoms with E-state index in [0.29, 0.717) is 28.5 Å². The van der Waals surface area contributed by atoms with Crippen LogP contribution in [0.3, 0.4) is 0 Å². The van der Waals surface area contributed by atoms with Gasteiger partial charge in [0.05, 0.1) is 11.7 Å². The molecule has 1 atom stereocenters. The largest absolute Gasteiger partial charge is 0.360 e. The quantitative estimate of drug-likeness (QED) is 0.935. The Morgan fingerprint density at radius 2 is 2.25 bits per heavy atom. The molecule has 0 aliphatic carbocycles. The lowest BCUT2D eigenvalue weighted by molar-refractivity contribution is 0.0937. The molecule has 1 unspecified atom stereocenters. The van der Waals surface area contributed by atoms with Crippen molar-refractivity contribution in [3.8, 4) is 0 Å². The van der Waals surface area contributed by atoms with Gasteiger partial charge >= 0.3 is 0 Å². The van der Waals surface area contributed by atoms with E-state index in [4.69, 9.17) is 16.1 Å². The second-order valence-corrected chi connectivity index (χ2v) is 5.11. The van der Waals surface area contributed by atoms with E-state index in [2.05, 4.69) is 10.5 Å². The lowest BCUT2D eigenvalue weighted by atomic mass is 10.1. The molecule has 2 rings (SSSR count). The first-order valence-electron chi connectivity index (χ1n) is 6.54. The molecular weight excluding hydrogens is 276 g/mol. The molecular formula is C15H17ClN2O2. The van der Waals surface area contributed by atoms with Gasteiger partial charge in [0.2, 0.25) is 0 Å². The zero-order chi connectivity index (χ0) is 14.7. The number of aromatic nitrogens is 1.